The second-order valence-electron chi connectivity index (χ2n) is 3.31. The molecule has 0 amide bonds. The van der Waals surface area contributed by atoms with Crippen molar-refractivity contribution in [1.82, 2.24) is 0 Å². The predicted octanol–water partition coefficient (Wildman–Crippen LogP) is 2.72. The Hall–Kier alpha value is -0.930. The van der Waals surface area contributed by atoms with Crippen LogP contribution >= 0.6 is 11.6 Å². The van der Waals surface area contributed by atoms with Crippen LogP contribution in [0, 0.1) is 6.92 Å². The van der Waals surface area contributed by atoms with Crippen LogP contribution in [0.1, 0.15) is 24.2 Å². The van der Waals surface area contributed by atoms with Crippen molar-refractivity contribution in [3.8, 4) is 11.5 Å². The van der Waals surface area contributed by atoms with E-state index in [4.69, 9.17) is 21.1 Å². The van der Waals surface area contributed by atoms with E-state index >= 15 is 0 Å². The van der Waals surface area contributed by atoms with Crippen LogP contribution in [0.15, 0.2) is 6.07 Å². The van der Waals surface area contributed by atoms with Crippen LogP contribution in [0.2, 0.25) is 5.02 Å². The van der Waals surface area contributed by atoms with E-state index in [0.717, 1.165) is 5.56 Å². The van der Waals surface area contributed by atoms with Gasteiger partial charge < -0.3 is 14.6 Å². The van der Waals surface area contributed by atoms with Gasteiger partial charge in [0.15, 0.2) is 11.5 Å². The van der Waals surface area contributed by atoms with Crippen LogP contribution in [0.25, 0.3) is 0 Å². The molecule has 0 saturated heterocycles. The molecule has 1 aromatic carbocycles. The second-order valence-corrected chi connectivity index (χ2v) is 3.72. The van der Waals surface area contributed by atoms with Gasteiger partial charge in [0.25, 0.3) is 0 Å². The maximum absolute atomic E-state index is 9.67. The van der Waals surface area contributed by atoms with Crippen LogP contribution in [0.5, 0.6) is 11.5 Å². The van der Waals surface area contributed by atoms with E-state index < -0.39 is 6.10 Å². The Bertz CT molecular complexity index is 361. The number of aliphatic hydroxyl groups is 1. The topological polar surface area (TPSA) is 38.7 Å². The van der Waals surface area contributed by atoms with Gasteiger partial charge in [0.05, 0.1) is 20.3 Å². The molecule has 0 aliphatic heterocycles. The Balaban J connectivity index is 3.49. The maximum Gasteiger partial charge on any atom is 0.166 e. The molecule has 1 unspecified atom stereocenters. The highest BCUT2D eigenvalue weighted by Crippen LogP contribution is 2.40. The largest absolute Gasteiger partial charge is 0.493 e. The van der Waals surface area contributed by atoms with Gasteiger partial charge in [0, 0.05) is 16.7 Å². The lowest BCUT2D eigenvalue weighted by Gasteiger charge is -2.18. The summed E-state index contributed by atoms with van der Waals surface area (Å²) in [6.07, 6.45) is -0.646. The quantitative estimate of drug-likeness (QED) is 0.868. The van der Waals surface area contributed by atoms with Gasteiger partial charge in [0.1, 0.15) is 0 Å². The van der Waals surface area contributed by atoms with Gasteiger partial charge in [-0.2, -0.15) is 0 Å². The Kier molecular flexibility index (Phi) is 3.83. The van der Waals surface area contributed by atoms with E-state index in [-0.39, 0.29) is 0 Å². The molecule has 0 aliphatic rings. The summed E-state index contributed by atoms with van der Waals surface area (Å²) >= 11 is 6.02. The van der Waals surface area contributed by atoms with Crippen molar-refractivity contribution in [3.05, 3.63) is 22.2 Å². The Morgan fingerprint density at radius 3 is 2.33 bits per heavy atom. The zero-order valence-corrected chi connectivity index (χ0v) is 10.1. The molecule has 0 aromatic heterocycles. The molecule has 0 aliphatic carbocycles. The summed E-state index contributed by atoms with van der Waals surface area (Å²) in [7, 11) is 3.08. The highest BCUT2D eigenvalue weighted by molar-refractivity contribution is 6.31. The van der Waals surface area contributed by atoms with Crippen LogP contribution in [-0.2, 0) is 0 Å². The van der Waals surface area contributed by atoms with Crippen molar-refractivity contribution < 1.29 is 14.6 Å². The molecule has 1 N–H and O–H groups in total. The molecule has 1 aromatic rings. The van der Waals surface area contributed by atoms with Gasteiger partial charge in [-0.05, 0) is 19.4 Å². The summed E-state index contributed by atoms with van der Waals surface area (Å²) in [5, 5.41) is 10.2. The van der Waals surface area contributed by atoms with Crippen LogP contribution in [0.4, 0.5) is 0 Å². The molecule has 0 spiro atoms. The number of rotatable bonds is 3. The minimum Gasteiger partial charge on any atom is -0.493 e. The highest BCUT2D eigenvalue weighted by atomic mass is 35.5. The first kappa shape index (κ1) is 12.1. The Labute approximate surface area is 94.6 Å². The summed E-state index contributed by atoms with van der Waals surface area (Å²) < 4.78 is 10.4. The van der Waals surface area contributed by atoms with Gasteiger partial charge in [-0.3, -0.25) is 0 Å². The first-order chi connectivity index (χ1) is 7.02. The van der Waals surface area contributed by atoms with Crippen molar-refractivity contribution in [2.45, 2.75) is 20.0 Å². The van der Waals surface area contributed by atoms with Crippen LogP contribution in [-0.4, -0.2) is 19.3 Å². The summed E-state index contributed by atoms with van der Waals surface area (Å²) in [6, 6.07) is 1.68. The van der Waals surface area contributed by atoms with Gasteiger partial charge in [-0.25, -0.2) is 0 Å². The first-order valence-electron chi connectivity index (χ1n) is 4.62. The van der Waals surface area contributed by atoms with Gasteiger partial charge in [0.2, 0.25) is 0 Å². The fourth-order valence-electron chi connectivity index (χ4n) is 1.59. The van der Waals surface area contributed by atoms with Crippen molar-refractivity contribution in [1.29, 1.82) is 0 Å². The van der Waals surface area contributed by atoms with E-state index in [1.54, 1.807) is 13.0 Å². The molecule has 1 rings (SSSR count). The number of benzene rings is 1. The normalized spacial score (nSPS) is 12.4. The highest BCUT2D eigenvalue weighted by Gasteiger charge is 2.19. The minimum atomic E-state index is -0.646. The smallest absolute Gasteiger partial charge is 0.166 e. The van der Waals surface area contributed by atoms with E-state index in [1.165, 1.54) is 14.2 Å². The van der Waals surface area contributed by atoms with Crippen LogP contribution in [0.3, 0.4) is 0 Å². The lowest BCUT2D eigenvalue weighted by atomic mass is 10.0. The first-order valence-corrected chi connectivity index (χ1v) is 4.99. The van der Waals surface area contributed by atoms with Gasteiger partial charge >= 0.3 is 0 Å². The molecule has 1 atom stereocenters. The Morgan fingerprint density at radius 1 is 1.33 bits per heavy atom. The standard InChI is InChI=1S/C11H15ClO3/c1-6-8(12)5-9(14-3)11(15-4)10(6)7(2)13/h5,7,13H,1-4H3. The average Bonchev–Trinajstić information content (AvgIpc) is 2.20. The number of ether oxygens (including phenoxy) is 2. The number of halogens is 1. The molecule has 84 valence electrons. The summed E-state index contributed by atoms with van der Waals surface area (Å²) in [6.45, 7) is 3.51. The molecule has 0 saturated carbocycles. The van der Waals surface area contributed by atoms with E-state index in [0.29, 0.717) is 22.1 Å². The summed E-state index contributed by atoms with van der Waals surface area (Å²) in [5.41, 5.74) is 1.48. The zero-order valence-electron chi connectivity index (χ0n) is 9.30. The molecule has 4 heteroatoms. The molecule has 15 heavy (non-hydrogen) atoms. The molecule has 0 fully saturated rings. The fourth-order valence-corrected chi connectivity index (χ4v) is 1.79. The van der Waals surface area contributed by atoms with Gasteiger partial charge in [-0.15, -0.1) is 0 Å². The average molecular weight is 231 g/mol. The SMILES string of the molecule is COc1cc(Cl)c(C)c(C(C)O)c1OC. The lowest BCUT2D eigenvalue weighted by Crippen LogP contribution is -2.02. The molecule has 3 nitrogen and oxygen atoms in total. The fraction of sp³-hybridized carbons (Fsp3) is 0.455. The van der Waals surface area contributed by atoms with Crippen molar-refractivity contribution in [2.75, 3.05) is 14.2 Å². The van der Waals surface area contributed by atoms with E-state index in [9.17, 15) is 5.11 Å². The second kappa shape index (κ2) is 4.73. The lowest BCUT2D eigenvalue weighted by molar-refractivity contribution is 0.192. The van der Waals surface area contributed by atoms with Crippen LogP contribution < -0.4 is 9.47 Å². The van der Waals surface area contributed by atoms with Crippen molar-refractivity contribution in [3.63, 3.8) is 0 Å². The monoisotopic (exact) mass is 230 g/mol. The zero-order chi connectivity index (χ0) is 11.6. The van der Waals surface area contributed by atoms with E-state index in [1.807, 2.05) is 6.92 Å². The molecule has 0 bridgehead atoms. The summed E-state index contributed by atoms with van der Waals surface area (Å²) in [5.74, 6) is 1.07. The summed E-state index contributed by atoms with van der Waals surface area (Å²) in [4.78, 5) is 0. The molecular formula is C11H15ClO3. The minimum absolute atomic E-state index is 0.531. The maximum atomic E-state index is 9.67. The number of hydrogen-bond acceptors (Lipinski definition) is 3. The number of aliphatic hydroxyl groups excluding tert-OH is 1. The molecule has 0 heterocycles. The van der Waals surface area contributed by atoms with Crippen molar-refractivity contribution in [2.24, 2.45) is 0 Å². The van der Waals surface area contributed by atoms with Gasteiger partial charge in [-0.1, -0.05) is 11.6 Å². The third-order valence-corrected chi connectivity index (χ3v) is 2.72. The number of hydrogen-bond donors (Lipinski definition) is 1. The molecule has 0 radical (unpaired) electrons. The Morgan fingerprint density at radius 2 is 1.93 bits per heavy atom. The predicted molar refractivity (Wildman–Crippen MR) is 59.9 cm³/mol. The third kappa shape index (κ3) is 2.19. The van der Waals surface area contributed by atoms with E-state index in [2.05, 4.69) is 0 Å². The van der Waals surface area contributed by atoms with Crippen molar-refractivity contribution >= 4 is 11.6 Å². The number of methoxy groups -OCH3 is 2. The molecular weight excluding hydrogens is 216 g/mol. The third-order valence-electron chi connectivity index (χ3n) is 2.33.